The Morgan fingerprint density at radius 3 is 2.48 bits per heavy atom. The molecule has 2 atom stereocenters. The third kappa shape index (κ3) is 5.82. The first-order chi connectivity index (χ1) is 15.9. The van der Waals surface area contributed by atoms with E-state index in [9.17, 15) is 18.4 Å². The molecule has 1 unspecified atom stereocenters. The van der Waals surface area contributed by atoms with Gasteiger partial charge in [-0.25, -0.2) is 19.7 Å². The minimum absolute atomic E-state index is 0.0121. The van der Waals surface area contributed by atoms with E-state index in [1.54, 1.807) is 30.3 Å². The van der Waals surface area contributed by atoms with Crippen LogP contribution in [0.5, 0.6) is 0 Å². The minimum atomic E-state index is -3.02. The summed E-state index contributed by atoms with van der Waals surface area (Å²) in [6.45, 7) is -2.14. The van der Waals surface area contributed by atoms with Gasteiger partial charge in [0.05, 0.1) is 17.8 Å². The first kappa shape index (κ1) is 23.1. The summed E-state index contributed by atoms with van der Waals surface area (Å²) in [7, 11) is 0. The van der Waals surface area contributed by atoms with Crippen LogP contribution in [-0.4, -0.2) is 65.3 Å². The number of nitrogens with zero attached hydrogens (tertiary/aromatic N) is 3. The Morgan fingerprint density at radius 2 is 1.82 bits per heavy atom. The zero-order valence-electron chi connectivity index (χ0n) is 17.8. The van der Waals surface area contributed by atoms with Crippen LogP contribution in [0.15, 0.2) is 48.5 Å². The van der Waals surface area contributed by atoms with Crippen LogP contribution in [0.3, 0.4) is 0 Å². The third-order valence-electron chi connectivity index (χ3n) is 5.75. The fourth-order valence-corrected chi connectivity index (χ4v) is 3.89. The van der Waals surface area contributed by atoms with Crippen molar-refractivity contribution in [2.45, 2.75) is 38.0 Å². The van der Waals surface area contributed by atoms with Crippen LogP contribution in [0.1, 0.15) is 40.2 Å². The number of carboxylic acid groups (broad SMARTS) is 1. The molecule has 176 valence electrons. The quantitative estimate of drug-likeness (QED) is 0.572. The molecule has 8 nitrogen and oxygen atoms in total. The lowest BCUT2D eigenvalue weighted by Crippen LogP contribution is -2.57. The van der Waals surface area contributed by atoms with Crippen LogP contribution in [-0.2, 0) is 9.57 Å². The number of aromatic carboxylic acids is 1. The number of benzene rings is 1. The number of carbonyl (C=O) groups excluding carboxylic acids is 1. The lowest BCUT2D eigenvalue weighted by atomic mass is 10.00. The number of hydrogen-bond acceptors (Lipinski definition) is 6. The normalized spacial score (nSPS) is 20.6. The molecule has 33 heavy (non-hydrogen) atoms. The van der Waals surface area contributed by atoms with Crippen molar-refractivity contribution in [1.82, 2.24) is 9.88 Å². The van der Waals surface area contributed by atoms with Gasteiger partial charge in [0.15, 0.2) is 0 Å². The Morgan fingerprint density at radius 1 is 1.09 bits per heavy atom. The van der Waals surface area contributed by atoms with E-state index in [4.69, 9.17) is 14.7 Å². The van der Waals surface area contributed by atoms with Gasteiger partial charge in [0.1, 0.15) is 11.4 Å². The van der Waals surface area contributed by atoms with E-state index in [0.717, 1.165) is 12.8 Å². The number of hydroxylamine groups is 1. The number of halogens is 2. The molecule has 2 aliphatic rings. The van der Waals surface area contributed by atoms with Gasteiger partial charge in [-0.3, -0.25) is 4.79 Å². The van der Waals surface area contributed by atoms with Gasteiger partial charge in [0.2, 0.25) is 0 Å². The van der Waals surface area contributed by atoms with E-state index in [1.165, 1.54) is 28.2 Å². The standard InChI is InChI=1S/C23H25F2N3O5/c24-23(25)33-28(16-5-2-1-3-6-16)19-11-12-27(13-20(19)32-14-15-9-10-15)21(29)17-7-4-8-18(26-17)22(30)31/h1-8,15,19-20,23H,9-14H2,(H,30,31)/t19?,20-/m0/s1. The number of likely N-dealkylation sites (tertiary alicyclic amines) is 1. The molecule has 2 fully saturated rings. The Balaban J connectivity index is 1.55. The van der Waals surface area contributed by atoms with Gasteiger partial charge < -0.3 is 14.7 Å². The number of carboxylic acids is 1. The van der Waals surface area contributed by atoms with E-state index < -0.39 is 30.6 Å². The zero-order chi connectivity index (χ0) is 23.4. The van der Waals surface area contributed by atoms with E-state index in [1.807, 2.05) is 0 Å². The molecule has 2 aromatic rings. The number of anilines is 1. The predicted molar refractivity (Wildman–Crippen MR) is 114 cm³/mol. The predicted octanol–water partition coefficient (Wildman–Crippen LogP) is 3.45. The van der Waals surface area contributed by atoms with Crippen LogP contribution in [0.25, 0.3) is 0 Å². The van der Waals surface area contributed by atoms with Crippen molar-refractivity contribution in [3.63, 3.8) is 0 Å². The number of piperidine rings is 1. The topological polar surface area (TPSA) is 92.2 Å². The maximum absolute atomic E-state index is 13.3. The van der Waals surface area contributed by atoms with Crippen molar-refractivity contribution < 1.29 is 33.1 Å². The van der Waals surface area contributed by atoms with Crippen LogP contribution in [0.4, 0.5) is 14.5 Å². The summed E-state index contributed by atoms with van der Waals surface area (Å²) < 4.78 is 32.7. The highest BCUT2D eigenvalue weighted by Gasteiger charge is 2.39. The van der Waals surface area contributed by atoms with Crippen molar-refractivity contribution in [1.29, 1.82) is 0 Å². The molecule has 1 N–H and O–H groups in total. The molecular weight excluding hydrogens is 436 g/mol. The van der Waals surface area contributed by atoms with E-state index in [2.05, 4.69) is 4.98 Å². The van der Waals surface area contributed by atoms with Crippen LogP contribution < -0.4 is 5.06 Å². The van der Waals surface area contributed by atoms with Crippen LogP contribution in [0, 0.1) is 5.92 Å². The van der Waals surface area contributed by atoms with Crippen molar-refractivity contribution in [3.05, 3.63) is 59.9 Å². The molecule has 1 saturated heterocycles. The molecule has 0 bridgehead atoms. The maximum atomic E-state index is 13.3. The number of amides is 1. The highest BCUT2D eigenvalue weighted by molar-refractivity contribution is 5.94. The summed E-state index contributed by atoms with van der Waals surface area (Å²) in [6.07, 6.45) is 1.86. The number of ether oxygens (including phenoxy) is 1. The number of rotatable bonds is 9. The summed E-state index contributed by atoms with van der Waals surface area (Å²) in [5.41, 5.74) is 0.259. The fraction of sp³-hybridized carbons (Fsp3) is 0.435. The molecule has 1 amide bonds. The number of hydrogen-bond donors (Lipinski definition) is 1. The van der Waals surface area contributed by atoms with Gasteiger partial charge >= 0.3 is 12.6 Å². The molecule has 2 heterocycles. The smallest absolute Gasteiger partial charge is 0.364 e. The number of para-hydroxylation sites is 1. The summed E-state index contributed by atoms with van der Waals surface area (Å²) in [5.74, 6) is -1.22. The van der Waals surface area contributed by atoms with Gasteiger partial charge in [0.25, 0.3) is 5.91 Å². The minimum Gasteiger partial charge on any atom is -0.477 e. The largest absolute Gasteiger partial charge is 0.477 e. The van der Waals surface area contributed by atoms with Crippen LogP contribution in [0.2, 0.25) is 0 Å². The Hall–Kier alpha value is -3.11. The van der Waals surface area contributed by atoms with Crippen molar-refractivity contribution >= 4 is 17.6 Å². The second kappa shape index (κ2) is 10.2. The molecule has 1 saturated carbocycles. The second-order valence-corrected chi connectivity index (χ2v) is 8.16. The van der Waals surface area contributed by atoms with Gasteiger partial charge in [-0.05, 0) is 49.4 Å². The first-order valence-electron chi connectivity index (χ1n) is 10.8. The monoisotopic (exact) mass is 461 g/mol. The number of pyridine rings is 1. The average Bonchev–Trinajstić information content (AvgIpc) is 3.66. The van der Waals surface area contributed by atoms with Crippen molar-refractivity contribution in [2.24, 2.45) is 5.92 Å². The molecule has 0 spiro atoms. The molecule has 1 aromatic carbocycles. The third-order valence-corrected chi connectivity index (χ3v) is 5.75. The number of carbonyl (C=O) groups is 2. The van der Waals surface area contributed by atoms with Gasteiger partial charge in [0, 0.05) is 19.7 Å². The maximum Gasteiger partial charge on any atom is 0.364 e. The molecule has 10 heteroatoms. The number of alkyl halides is 2. The Bertz CT molecular complexity index is 974. The Kier molecular flexibility index (Phi) is 7.14. The second-order valence-electron chi connectivity index (χ2n) is 8.16. The molecular formula is C23H25F2N3O5. The Labute approximate surface area is 189 Å². The highest BCUT2D eigenvalue weighted by atomic mass is 19.3. The molecule has 1 aliphatic heterocycles. The van der Waals surface area contributed by atoms with E-state index >= 15 is 0 Å². The summed E-state index contributed by atoms with van der Waals surface area (Å²) in [4.78, 5) is 34.6. The lowest BCUT2D eigenvalue weighted by Gasteiger charge is -2.43. The zero-order valence-corrected chi connectivity index (χ0v) is 17.8. The van der Waals surface area contributed by atoms with Crippen LogP contribution >= 0.6 is 0 Å². The van der Waals surface area contributed by atoms with Gasteiger partial charge in [-0.15, -0.1) is 0 Å². The van der Waals surface area contributed by atoms with Crippen molar-refractivity contribution in [3.8, 4) is 0 Å². The van der Waals surface area contributed by atoms with Gasteiger partial charge in [-0.2, -0.15) is 8.78 Å². The molecule has 4 rings (SSSR count). The number of aromatic nitrogens is 1. The molecule has 1 aliphatic carbocycles. The highest BCUT2D eigenvalue weighted by Crippen LogP contribution is 2.32. The summed E-state index contributed by atoms with van der Waals surface area (Å²) in [6, 6.07) is 12.3. The van der Waals surface area contributed by atoms with E-state index in [0.29, 0.717) is 24.6 Å². The first-order valence-corrected chi connectivity index (χ1v) is 10.8. The summed E-state index contributed by atoms with van der Waals surface area (Å²) in [5, 5.41) is 10.3. The molecule has 0 radical (unpaired) electrons. The van der Waals surface area contributed by atoms with E-state index in [-0.39, 0.29) is 24.5 Å². The lowest BCUT2D eigenvalue weighted by molar-refractivity contribution is -0.159. The van der Waals surface area contributed by atoms with Crippen molar-refractivity contribution in [2.75, 3.05) is 24.8 Å². The van der Waals surface area contributed by atoms with Gasteiger partial charge in [-0.1, -0.05) is 24.3 Å². The molecule has 1 aromatic heterocycles. The average molecular weight is 461 g/mol. The SMILES string of the molecule is O=C(O)c1cccc(C(=O)N2CCC(N(OC(F)F)c3ccccc3)[C@@H](OCC3CC3)C2)n1. The fourth-order valence-electron chi connectivity index (χ4n) is 3.89. The summed E-state index contributed by atoms with van der Waals surface area (Å²) >= 11 is 0.